The summed E-state index contributed by atoms with van der Waals surface area (Å²) in [6, 6.07) is 4.06. The first-order chi connectivity index (χ1) is 9.40. The van der Waals surface area contributed by atoms with Crippen LogP contribution in [0.4, 0.5) is 0 Å². The van der Waals surface area contributed by atoms with Gasteiger partial charge in [0.2, 0.25) is 0 Å². The number of aromatic nitrogens is 1. The van der Waals surface area contributed by atoms with Gasteiger partial charge in [0.15, 0.2) is 0 Å². The van der Waals surface area contributed by atoms with E-state index in [2.05, 4.69) is 31.1 Å². The third-order valence-electron chi connectivity index (χ3n) is 2.89. The molecule has 20 heavy (non-hydrogen) atoms. The second-order valence-electron chi connectivity index (χ2n) is 6.21. The Bertz CT molecular complexity index is 399. The van der Waals surface area contributed by atoms with E-state index < -0.39 is 0 Å². The number of nitrogens with zero attached hydrogens (tertiary/aromatic N) is 1. The van der Waals surface area contributed by atoms with Crippen LogP contribution in [0, 0.1) is 5.41 Å². The van der Waals surface area contributed by atoms with Crippen molar-refractivity contribution in [2.24, 2.45) is 5.41 Å². The fraction of sp³-hybridized carbons (Fsp3) is 0.625. The lowest BCUT2D eigenvalue weighted by atomic mass is 9.87. The number of rotatable bonds is 7. The van der Waals surface area contributed by atoms with Crippen molar-refractivity contribution in [3.05, 3.63) is 30.1 Å². The maximum atomic E-state index is 11.7. The Morgan fingerprint density at radius 2 is 2.20 bits per heavy atom. The van der Waals surface area contributed by atoms with E-state index >= 15 is 0 Å². The molecule has 1 aromatic heterocycles. The molecule has 0 bridgehead atoms. The second kappa shape index (κ2) is 8.00. The minimum atomic E-state index is -0.138. The van der Waals surface area contributed by atoms with Crippen LogP contribution in [0.25, 0.3) is 0 Å². The van der Waals surface area contributed by atoms with Gasteiger partial charge >= 0.3 is 5.97 Å². The molecule has 112 valence electrons. The molecule has 0 aliphatic rings. The highest BCUT2D eigenvalue weighted by molar-refractivity contribution is 5.70. The molecule has 1 aromatic rings. The molecule has 1 unspecified atom stereocenters. The molecule has 4 nitrogen and oxygen atoms in total. The van der Waals surface area contributed by atoms with Crippen LogP contribution in [0.3, 0.4) is 0 Å². The van der Waals surface area contributed by atoms with Gasteiger partial charge in [0.25, 0.3) is 0 Å². The van der Waals surface area contributed by atoms with E-state index in [1.807, 2.05) is 25.3 Å². The molecule has 4 heteroatoms. The summed E-state index contributed by atoms with van der Waals surface area (Å²) in [5, 5.41) is 3.44. The minimum absolute atomic E-state index is 0.120. The van der Waals surface area contributed by atoms with Crippen molar-refractivity contribution in [3.63, 3.8) is 0 Å². The standard InChI is InChI=1S/C16H26N2O2/c1-5-20-15(19)9-14(10-16(2,3)4)18-12-13-7-6-8-17-11-13/h6-8,11,14,18H,5,9-10,12H2,1-4H3. The van der Waals surface area contributed by atoms with Gasteiger partial charge in [-0.2, -0.15) is 0 Å². The molecule has 0 saturated heterocycles. The molecular weight excluding hydrogens is 252 g/mol. The number of hydrogen-bond acceptors (Lipinski definition) is 4. The maximum Gasteiger partial charge on any atom is 0.307 e. The van der Waals surface area contributed by atoms with Crippen molar-refractivity contribution in [1.82, 2.24) is 10.3 Å². The average Bonchev–Trinajstić information content (AvgIpc) is 2.36. The Kier molecular flexibility index (Phi) is 6.65. The lowest BCUT2D eigenvalue weighted by Gasteiger charge is -2.26. The fourth-order valence-electron chi connectivity index (χ4n) is 2.14. The van der Waals surface area contributed by atoms with Crippen molar-refractivity contribution >= 4 is 5.97 Å². The van der Waals surface area contributed by atoms with Gasteiger partial charge < -0.3 is 10.1 Å². The smallest absolute Gasteiger partial charge is 0.307 e. The van der Waals surface area contributed by atoms with E-state index in [0.717, 1.165) is 12.0 Å². The van der Waals surface area contributed by atoms with Crippen LogP contribution in [0.5, 0.6) is 0 Å². The molecule has 1 heterocycles. The van der Waals surface area contributed by atoms with E-state index in [0.29, 0.717) is 19.6 Å². The normalized spacial score (nSPS) is 13.0. The van der Waals surface area contributed by atoms with Crippen LogP contribution in [-0.4, -0.2) is 23.6 Å². The zero-order valence-corrected chi connectivity index (χ0v) is 13.0. The maximum absolute atomic E-state index is 11.7. The van der Waals surface area contributed by atoms with Gasteiger partial charge in [0.05, 0.1) is 13.0 Å². The first-order valence-corrected chi connectivity index (χ1v) is 7.18. The number of esters is 1. The minimum Gasteiger partial charge on any atom is -0.466 e. The van der Waals surface area contributed by atoms with E-state index in [4.69, 9.17) is 4.74 Å². The van der Waals surface area contributed by atoms with Crippen LogP contribution in [0.15, 0.2) is 24.5 Å². The highest BCUT2D eigenvalue weighted by Crippen LogP contribution is 2.22. The summed E-state index contributed by atoms with van der Waals surface area (Å²) in [5.41, 5.74) is 1.29. The first-order valence-electron chi connectivity index (χ1n) is 7.18. The first kappa shape index (κ1) is 16.6. The lowest BCUT2D eigenvalue weighted by Crippen LogP contribution is -2.35. The Hall–Kier alpha value is -1.42. The predicted octanol–water partition coefficient (Wildman–Crippen LogP) is 2.93. The predicted molar refractivity (Wildman–Crippen MR) is 80.2 cm³/mol. The number of ether oxygens (including phenoxy) is 1. The number of nitrogens with one attached hydrogen (secondary N) is 1. The van der Waals surface area contributed by atoms with E-state index in [-0.39, 0.29) is 17.4 Å². The zero-order chi connectivity index (χ0) is 15.0. The Morgan fingerprint density at radius 1 is 1.45 bits per heavy atom. The quantitative estimate of drug-likeness (QED) is 0.779. The molecule has 0 saturated carbocycles. The van der Waals surface area contributed by atoms with Crippen LogP contribution in [0.1, 0.15) is 46.1 Å². The highest BCUT2D eigenvalue weighted by atomic mass is 16.5. The van der Waals surface area contributed by atoms with Crippen LogP contribution < -0.4 is 5.32 Å². The Balaban J connectivity index is 2.55. The zero-order valence-electron chi connectivity index (χ0n) is 13.0. The highest BCUT2D eigenvalue weighted by Gasteiger charge is 2.21. The van der Waals surface area contributed by atoms with Crippen LogP contribution in [0.2, 0.25) is 0 Å². The largest absolute Gasteiger partial charge is 0.466 e. The molecule has 1 atom stereocenters. The molecule has 1 N–H and O–H groups in total. The summed E-state index contributed by atoms with van der Waals surface area (Å²) in [4.78, 5) is 15.8. The van der Waals surface area contributed by atoms with E-state index in [1.165, 1.54) is 0 Å². The van der Waals surface area contributed by atoms with Gasteiger partial charge in [-0.25, -0.2) is 0 Å². The molecule has 0 spiro atoms. The van der Waals surface area contributed by atoms with Gasteiger partial charge in [-0.15, -0.1) is 0 Å². The SMILES string of the molecule is CCOC(=O)CC(CC(C)(C)C)NCc1cccnc1. The van der Waals surface area contributed by atoms with E-state index in [1.54, 1.807) is 6.20 Å². The van der Waals surface area contributed by atoms with Crippen molar-refractivity contribution < 1.29 is 9.53 Å². The Morgan fingerprint density at radius 3 is 2.75 bits per heavy atom. The molecule has 0 aromatic carbocycles. The summed E-state index contributed by atoms with van der Waals surface area (Å²) >= 11 is 0. The molecular formula is C16H26N2O2. The fourth-order valence-corrected chi connectivity index (χ4v) is 2.14. The second-order valence-corrected chi connectivity index (χ2v) is 6.21. The van der Waals surface area contributed by atoms with E-state index in [9.17, 15) is 4.79 Å². The monoisotopic (exact) mass is 278 g/mol. The molecule has 0 radical (unpaired) electrons. The summed E-state index contributed by atoms with van der Waals surface area (Å²) in [7, 11) is 0. The summed E-state index contributed by atoms with van der Waals surface area (Å²) in [5.74, 6) is -0.138. The summed E-state index contributed by atoms with van der Waals surface area (Å²) < 4.78 is 5.05. The van der Waals surface area contributed by atoms with Crippen LogP contribution in [-0.2, 0) is 16.1 Å². The third kappa shape index (κ3) is 7.24. The molecule has 0 aliphatic carbocycles. The van der Waals surface area contributed by atoms with Crippen molar-refractivity contribution in [2.75, 3.05) is 6.61 Å². The third-order valence-corrected chi connectivity index (χ3v) is 2.89. The summed E-state index contributed by atoms with van der Waals surface area (Å²) in [6.07, 6.45) is 4.93. The molecule has 0 fully saturated rings. The average molecular weight is 278 g/mol. The lowest BCUT2D eigenvalue weighted by molar-refractivity contribution is -0.143. The van der Waals surface area contributed by atoms with Gasteiger partial charge in [-0.05, 0) is 30.4 Å². The van der Waals surface area contributed by atoms with Gasteiger partial charge in [-0.1, -0.05) is 26.8 Å². The van der Waals surface area contributed by atoms with Gasteiger partial charge in [0, 0.05) is 25.0 Å². The number of pyridine rings is 1. The van der Waals surface area contributed by atoms with Gasteiger partial charge in [-0.3, -0.25) is 9.78 Å². The Labute approximate surface area is 121 Å². The topological polar surface area (TPSA) is 51.2 Å². The molecule has 0 amide bonds. The summed E-state index contributed by atoms with van der Waals surface area (Å²) in [6.45, 7) is 9.52. The van der Waals surface area contributed by atoms with Crippen LogP contribution >= 0.6 is 0 Å². The number of hydrogen-bond donors (Lipinski definition) is 1. The van der Waals surface area contributed by atoms with Crippen molar-refractivity contribution in [2.45, 2.75) is 53.1 Å². The van der Waals surface area contributed by atoms with Crippen molar-refractivity contribution in [3.8, 4) is 0 Å². The number of carbonyl (C=O) groups is 1. The van der Waals surface area contributed by atoms with Gasteiger partial charge in [0.1, 0.15) is 0 Å². The number of carbonyl (C=O) groups excluding carboxylic acids is 1. The van der Waals surface area contributed by atoms with Crippen molar-refractivity contribution in [1.29, 1.82) is 0 Å². The molecule has 0 aliphatic heterocycles. The molecule has 1 rings (SSSR count).